The summed E-state index contributed by atoms with van der Waals surface area (Å²) >= 11 is 5.89. The largest absolute Gasteiger partial charge is 0.482 e. The Labute approximate surface area is 118 Å². The third-order valence-corrected chi connectivity index (χ3v) is 3.76. The minimum Gasteiger partial charge on any atom is -0.482 e. The minimum absolute atomic E-state index is 0.0325. The molecule has 1 aromatic carbocycles. The summed E-state index contributed by atoms with van der Waals surface area (Å²) in [5.41, 5.74) is -0.137. The average molecular weight is 294 g/mol. The zero-order chi connectivity index (χ0) is 13.8. The number of thiocarbonyl (C=S) groups is 1. The van der Waals surface area contributed by atoms with Crippen LogP contribution >= 0.6 is 24.0 Å². The summed E-state index contributed by atoms with van der Waals surface area (Å²) in [6.07, 6.45) is 0. The smallest absolute Gasteiger partial charge is 0.347 e. The van der Waals surface area contributed by atoms with E-state index in [0.717, 1.165) is 11.8 Å². The van der Waals surface area contributed by atoms with Crippen molar-refractivity contribution >= 4 is 45.1 Å². The van der Waals surface area contributed by atoms with Crippen molar-refractivity contribution in [2.24, 2.45) is 0 Å². The van der Waals surface area contributed by atoms with Crippen LogP contribution < -0.4 is 5.63 Å². The number of ether oxygens (including phenoxy) is 1. The van der Waals surface area contributed by atoms with Gasteiger partial charge < -0.3 is 9.15 Å². The molecule has 0 atom stereocenters. The Morgan fingerprint density at radius 1 is 1.42 bits per heavy atom. The number of methoxy groups -OCH3 is 1. The maximum atomic E-state index is 11.9. The third kappa shape index (κ3) is 3.21. The summed E-state index contributed by atoms with van der Waals surface area (Å²) in [6, 6.07) is 8.58. The van der Waals surface area contributed by atoms with E-state index < -0.39 is 5.63 Å². The van der Waals surface area contributed by atoms with Crippen LogP contribution in [0.2, 0.25) is 0 Å². The van der Waals surface area contributed by atoms with Gasteiger partial charge in [-0.2, -0.15) is 0 Å². The first kappa shape index (κ1) is 13.8. The highest BCUT2D eigenvalue weighted by Gasteiger charge is 2.14. The third-order valence-electron chi connectivity index (χ3n) is 2.43. The van der Waals surface area contributed by atoms with Crippen LogP contribution in [0.4, 0.5) is 0 Å². The van der Waals surface area contributed by atoms with E-state index in [4.69, 9.17) is 21.4 Å². The quantitative estimate of drug-likeness (QED) is 0.493. The maximum Gasteiger partial charge on any atom is 0.347 e. The maximum absolute atomic E-state index is 11.9. The monoisotopic (exact) mass is 294 g/mol. The van der Waals surface area contributed by atoms with E-state index in [-0.39, 0.29) is 21.5 Å². The number of para-hydroxylation sites is 1. The van der Waals surface area contributed by atoms with E-state index in [1.807, 2.05) is 6.07 Å². The van der Waals surface area contributed by atoms with E-state index in [0.29, 0.717) is 11.0 Å². The van der Waals surface area contributed by atoms with Crippen molar-refractivity contribution in [3.63, 3.8) is 0 Å². The van der Waals surface area contributed by atoms with Crippen molar-refractivity contribution in [1.82, 2.24) is 0 Å². The van der Waals surface area contributed by atoms with E-state index in [1.54, 1.807) is 24.3 Å². The average Bonchev–Trinajstić information content (AvgIpc) is 2.43. The molecule has 0 radical (unpaired) electrons. The van der Waals surface area contributed by atoms with Gasteiger partial charge in [-0.1, -0.05) is 30.0 Å². The number of rotatable bonds is 3. The number of benzene rings is 1. The number of Topliss-reactive ketones (excluding diaryl/α,β-unsaturated/α-hetero) is 1. The molecule has 0 saturated carbocycles. The Morgan fingerprint density at radius 3 is 2.89 bits per heavy atom. The molecule has 2 rings (SSSR count). The Morgan fingerprint density at radius 2 is 2.16 bits per heavy atom. The number of carbonyl (C=O) groups is 1. The van der Waals surface area contributed by atoms with Gasteiger partial charge >= 0.3 is 5.63 Å². The van der Waals surface area contributed by atoms with Gasteiger partial charge in [0.1, 0.15) is 11.1 Å². The van der Waals surface area contributed by atoms with Gasteiger partial charge in [0.25, 0.3) is 0 Å². The minimum atomic E-state index is -0.632. The molecule has 1 aromatic heterocycles. The van der Waals surface area contributed by atoms with Gasteiger partial charge in [0.2, 0.25) is 4.38 Å². The summed E-state index contributed by atoms with van der Waals surface area (Å²) in [4.78, 5) is 23.7. The molecule has 0 fully saturated rings. The lowest BCUT2D eigenvalue weighted by atomic mass is 10.1. The van der Waals surface area contributed by atoms with E-state index >= 15 is 0 Å². The molecule has 0 amide bonds. The molecule has 0 aliphatic carbocycles. The molecule has 0 spiro atoms. The summed E-state index contributed by atoms with van der Waals surface area (Å²) in [6.45, 7) is 0. The summed E-state index contributed by atoms with van der Waals surface area (Å²) in [5, 5.41) is 0.713. The van der Waals surface area contributed by atoms with Gasteiger partial charge in [-0.15, -0.1) is 0 Å². The first-order valence-electron chi connectivity index (χ1n) is 5.38. The van der Waals surface area contributed by atoms with Crippen molar-refractivity contribution in [3.8, 4) is 0 Å². The molecule has 0 aliphatic heterocycles. The first-order valence-corrected chi connectivity index (χ1v) is 6.78. The molecule has 19 heavy (non-hydrogen) atoms. The van der Waals surface area contributed by atoms with Crippen LogP contribution in [0.15, 0.2) is 39.5 Å². The lowest BCUT2D eigenvalue weighted by molar-refractivity contribution is 0.101. The van der Waals surface area contributed by atoms with Gasteiger partial charge in [-0.05, 0) is 24.4 Å². The van der Waals surface area contributed by atoms with Crippen LogP contribution in [-0.2, 0) is 4.74 Å². The van der Waals surface area contributed by atoms with Gasteiger partial charge in [0, 0.05) is 5.39 Å². The van der Waals surface area contributed by atoms with Crippen LogP contribution in [0.25, 0.3) is 11.0 Å². The molecule has 0 bridgehead atoms. The lowest BCUT2D eigenvalue weighted by Gasteiger charge is -2.02. The van der Waals surface area contributed by atoms with Crippen molar-refractivity contribution < 1.29 is 13.9 Å². The predicted octanol–water partition coefficient (Wildman–Crippen LogP) is 2.64. The second kappa shape index (κ2) is 5.99. The number of hydrogen-bond donors (Lipinski definition) is 0. The van der Waals surface area contributed by atoms with Crippen LogP contribution in [0, 0.1) is 0 Å². The van der Waals surface area contributed by atoms with E-state index in [2.05, 4.69) is 0 Å². The van der Waals surface area contributed by atoms with Gasteiger partial charge in [-0.25, -0.2) is 4.79 Å². The van der Waals surface area contributed by atoms with Gasteiger partial charge in [0.05, 0.1) is 12.9 Å². The van der Waals surface area contributed by atoms with Gasteiger partial charge in [-0.3, -0.25) is 4.79 Å². The molecular formula is C13H10O4S2. The zero-order valence-corrected chi connectivity index (χ0v) is 11.7. The number of carbonyl (C=O) groups excluding carboxylic acids is 1. The lowest BCUT2D eigenvalue weighted by Crippen LogP contribution is -2.16. The zero-order valence-electron chi connectivity index (χ0n) is 10.0. The number of thioether (sulfide) groups is 1. The molecule has 0 aliphatic rings. The standard InChI is InChI=1S/C13H10O4S2/c1-16-13(18)19-7-10(14)9-6-8-4-2-3-5-11(8)17-12(9)15/h2-6H,7H2,1H3. The normalized spacial score (nSPS) is 10.4. The summed E-state index contributed by atoms with van der Waals surface area (Å²) < 4.78 is 10.1. The molecule has 2 aromatic rings. The highest BCUT2D eigenvalue weighted by molar-refractivity contribution is 8.23. The number of fused-ring (bicyclic) bond motifs is 1. The second-order valence-electron chi connectivity index (χ2n) is 3.65. The van der Waals surface area contributed by atoms with Crippen molar-refractivity contribution in [2.45, 2.75) is 0 Å². The molecular weight excluding hydrogens is 284 g/mol. The van der Waals surface area contributed by atoms with Crippen molar-refractivity contribution in [2.75, 3.05) is 12.9 Å². The Kier molecular flexibility index (Phi) is 4.34. The molecule has 6 heteroatoms. The predicted molar refractivity (Wildman–Crippen MR) is 78.9 cm³/mol. The topological polar surface area (TPSA) is 56.5 Å². The molecule has 1 heterocycles. The first-order chi connectivity index (χ1) is 9.11. The molecule has 0 saturated heterocycles. The Hall–Kier alpha value is -1.66. The molecule has 0 N–H and O–H groups in total. The molecule has 4 nitrogen and oxygen atoms in total. The Bertz CT molecular complexity index is 690. The van der Waals surface area contributed by atoms with Gasteiger partial charge in [0.15, 0.2) is 5.78 Å². The summed E-state index contributed by atoms with van der Waals surface area (Å²) in [7, 11) is 1.43. The van der Waals surface area contributed by atoms with Crippen LogP contribution in [0.5, 0.6) is 0 Å². The number of ketones is 1. The second-order valence-corrected chi connectivity index (χ2v) is 5.23. The number of hydrogen-bond acceptors (Lipinski definition) is 6. The summed E-state index contributed by atoms with van der Waals surface area (Å²) in [5.74, 6) is -0.278. The highest BCUT2D eigenvalue weighted by atomic mass is 32.2. The fourth-order valence-electron chi connectivity index (χ4n) is 1.52. The van der Waals surface area contributed by atoms with Crippen LogP contribution in [0.3, 0.4) is 0 Å². The van der Waals surface area contributed by atoms with E-state index in [1.165, 1.54) is 7.11 Å². The van der Waals surface area contributed by atoms with Crippen molar-refractivity contribution in [1.29, 1.82) is 0 Å². The van der Waals surface area contributed by atoms with Crippen LogP contribution in [0.1, 0.15) is 10.4 Å². The molecule has 0 unspecified atom stereocenters. The fraction of sp³-hybridized carbons (Fsp3) is 0.154. The Balaban J connectivity index is 2.29. The SMILES string of the molecule is COC(=S)SCC(=O)c1cc2ccccc2oc1=O. The van der Waals surface area contributed by atoms with Crippen LogP contribution in [-0.4, -0.2) is 23.0 Å². The fourth-order valence-corrected chi connectivity index (χ4v) is 2.22. The highest BCUT2D eigenvalue weighted by Crippen LogP contribution is 2.14. The molecule has 98 valence electrons. The van der Waals surface area contributed by atoms with E-state index in [9.17, 15) is 9.59 Å². The van der Waals surface area contributed by atoms with Crippen molar-refractivity contribution in [3.05, 3.63) is 46.3 Å².